The highest BCUT2D eigenvalue weighted by Crippen LogP contribution is 2.37. The van der Waals surface area contributed by atoms with E-state index in [9.17, 15) is 4.79 Å². The highest BCUT2D eigenvalue weighted by atomic mass is 32.1. The summed E-state index contributed by atoms with van der Waals surface area (Å²) in [6, 6.07) is 15.5. The van der Waals surface area contributed by atoms with Crippen LogP contribution in [0.3, 0.4) is 0 Å². The molecule has 3 aromatic rings. The van der Waals surface area contributed by atoms with Crippen LogP contribution in [0.15, 0.2) is 53.9 Å². The molecule has 1 atom stereocenters. The number of thiazole rings is 1. The number of methoxy groups -OCH3 is 2. The zero-order valence-corrected chi connectivity index (χ0v) is 19.9. The maximum atomic E-state index is 13.0. The summed E-state index contributed by atoms with van der Waals surface area (Å²) in [5, 5.41) is 2.82. The van der Waals surface area contributed by atoms with E-state index in [4.69, 9.17) is 19.2 Å². The first-order chi connectivity index (χ1) is 15.5. The molecule has 0 spiro atoms. The second-order valence-electron chi connectivity index (χ2n) is 7.45. The largest absolute Gasteiger partial charge is 0.493 e. The smallest absolute Gasteiger partial charge is 0.227 e. The minimum atomic E-state index is 0.107. The van der Waals surface area contributed by atoms with Gasteiger partial charge in [0.05, 0.1) is 32.9 Å². The minimum absolute atomic E-state index is 0.107. The summed E-state index contributed by atoms with van der Waals surface area (Å²) in [4.78, 5) is 19.6. The number of hydrogen-bond donors (Lipinski definition) is 0. The van der Waals surface area contributed by atoms with Gasteiger partial charge >= 0.3 is 0 Å². The van der Waals surface area contributed by atoms with Crippen molar-refractivity contribution in [1.29, 1.82) is 0 Å². The average Bonchev–Trinajstić information content (AvgIpc) is 3.28. The lowest BCUT2D eigenvalue weighted by molar-refractivity contribution is -0.133. The predicted octanol–water partition coefficient (Wildman–Crippen LogP) is 5.11. The van der Waals surface area contributed by atoms with Crippen LogP contribution >= 0.6 is 11.3 Å². The van der Waals surface area contributed by atoms with Crippen LogP contribution < -0.4 is 14.2 Å². The Bertz CT molecular complexity index is 984. The molecule has 1 aromatic heterocycles. The molecule has 170 valence electrons. The van der Waals surface area contributed by atoms with Gasteiger partial charge in [-0.3, -0.25) is 4.79 Å². The number of benzene rings is 2. The van der Waals surface area contributed by atoms with Crippen molar-refractivity contribution in [2.75, 3.05) is 14.2 Å². The Kier molecular flexibility index (Phi) is 8.50. The summed E-state index contributed by atoms with van der Waals surface area (Å²) in [5.74, 6) is 1.87. The normalized spacial score (nSPS) is 11.6. The molecule has 0 saturated carbocycles. The summed E-state index contributed by atoms with van der Waals surface area (Å²) in [6.45, 7) is 4.94. The molecule has 0 bridgehead atoms. The van der Waals surface area contributed by atoms with Gasteiger partial charge in [-0.25, -0.2) is 4.98 Å². The van der Waals surface area contributed by atoms with E-state index in [1.807, 2.05) is 58.8 Å². The number of carbonyl (C=O) groups excluding carboxylic acids is 1. The summed E-state index contributed by atoms with van der Waals surface area (Å²) in [5.41, 5.74) is 1.88. The number of ether oxygens (including phenoxy) is 3. The van der Waals surface area contributed by atoms with Gasteiger partial charge < -0.3 is 19.1 Å². The Balaban J connectivity index is 1.67. The monoisotopic (exact) mass is 454 g/mol. The molecule has 3 rings (SSSR count). The molecule has 0 aliphatic rings. The highest BCUT2D eigenvalue weighted by molar-refractivity contribution is 7.09. The number of rotatable bonds is 11. The first kappa shape index (κ1) is 23.6. The number of nitrogens with zero attached hydrogens (tertiary/aromatic N) is 2. The van der Waals surface area contributed by atoms with Gasteiger partial charge in [-0.15, -0.1) is 11.3 Å². The fourth-order valence-corrected chi connectivity index (χ4v) is 4.03. The number of para-hydroxylation sites is 1. The van der Waals surface area contributed by atoms with E-state index < -0.39 is 0 Å². The molecule has 1 amide bonds. The third-order valence-electron chi connectivity index (χ3n) is 5.30. The van der Waals surface area contributed by atoms with E-state index in [1.54, 1.807) is 14.2 Å². The molecule has 2 aromatic carbocycles. The van der Waals surface area contributed by atoms with Crippen molar-refractivity contribution >= 4 is 17.2 Å². The van der Waals surface area contributed by atoms with Crippen LogP contribution in [-0.4, -0.2) is 36.1 Å². The Morgan fingerprint density at radius 3 is 2.38 bits per heavy atom. The average molecular weight is 455 g/mol. The molecule has 6 nitrogen and oxygen atoms in total. The standard InChI is InChI=1S/C25H30N2O4S/c1-5-18(2)27(24(28)14-19-10-7-6-8-11-19)15-20-17-32-23(26-20)16-31-25-21(29-3)12-9-13-22(25)30-4/h6-13,17-18H,5,14-16H2,1-4H3/t18-/m1/s1. The summed E-state index contributed by atoms with van der Waals surface area (Å²) < 4.78 is 16.7. The van der Waals surface area contributed by atoms with Crippen molar-refractivity contribution in [2.45, 2.75) is 45.9 Å². The zero-order chi connectivity index (χ0) is 22.9. The van der Waals surface area contributed by atoms with E-state index in [-0.39, 0.29) is 11.9 Å². The SMILES string of the molecule is CC[C@@H](C)N(Cc1csc(COc2c(OC)cccc2OC)n1)C(=O)Cc1ccccc1. The van der Waals surface area contributed by atoms with E-state index in [0.717, 1.165) is 22.7 Å². The van der Waals surface area contributed by atoms with E-state index >= 15 is 0 Å². The van der Waals surface area contributed by atoms with Crippen molar-refractivity contribution in [2.24, 2.45) is 0 Å². The molecule has 0 fully saturated rings. The molecule has 0 N–H and O–H groups in total. The number of carbonyl (C=O) groups is 1. The number of aromatic nitrogens is 1. The molecule has 0 aliphatic carbocycles. The molecule has 1 heterocycles. The Labute approximate surface area is 193 Å². The third kappa shape index (κ3) is 6.01. The Hall–Kier alpha value is -3.06. The fraction of sp³-hybridized carbons (Fsp3) is 0.360. The maximum Gasteiger partial charge on any atom is 0.227 e. The van der Waals surface area contributed by atoms with Gasteiger partial charge in [0.25, 0.3) is 0 Å². The maximum absolute atomic E-state index is 13.0. The quantitative estimate of drug-likeness (QED) is 0.403. The van der Waals surface area contributed by atoms with Gasteiger partial charge in [0.1, 0.15) is 11.6 Å². The lowest BCUT2D eigenvalue weighted by Crippen LogP contribution is -2.38. The molecule has 32 heavy (non-hydrogen) atoms. The van der Waals surface area contributed by atoms with Crippen molar-refractivity contribution in [3.05, 3.63) is 70.2 Å². The summed E-state index contributed by atoms with van der Waals surface area (Å²) >= 11 is 1.52. The molecular formula is C25H30N2O4S. The van der Waals surface area contributed by atoms with Crippen LogP contribution in [-0.2, 0) is 24.4 Å². The van der Waals surface area contributed by atoms with Crippen molar-refractivity contribution in [3.8, 4) is 17.2 Å². The summed E-state index contributed by atoms with van der Waals surface area (Å²) in [6.07, 6.45) is 1.27. The van der Waals surface area contributed by atoms with Gasteiger partial charge in [-0.2, -0.15) is 0 Å². The second kappa shape index (κ2) is 11.5. The molecule has 0 unspecified atom stereocenters. The van der Waals surface area contributed by atoms with Gasteiger partial charge in [0.2, 0.25) is 11.7 Å². The first-order valence-corrected chi connectivity index (χ1v) is 11.5. The van der Waals surface area contributed by atoms with Gasteiger partial charge in [0, 0.05) is 11.4 Å². The molecule has 0 aliphatic heterocycles. The topological polar surface area (TPSA) is 60.9 Å². The summed E-state index contributed by atoms with van der Waals surface area (Å²) in [7, 11) is 3.19. The predicted molar refractivity (Wildman–Crippen MR) is 126 cm³/mol. The fourth-order valence-electron chi connectivity index (χ4n) is 3.34. The molecule has 0 saturated heterocycles. The molecular weight excluding hydrogens is 424 g/mol. The van der Waals surface area contributed by atoms with Crippen molar-refractivity contribution in [1.82, 2.24) is 9.88 Å². The Morgan fingerprint density at radius 2 is 1.75 bits per heavy atom. The van der Waals surface area contributed by atoms with Gasteiger partial charge in [-0.1, -0.05) is 43.3 Å². The lowest BCUT2D eigenvalue weighted by atomic mass is 10.1. The zero-order valence-electron chi connectivity index (χ0n) is 19.0. The van der Waals surface area contributed by atoms with Crippen LogP contribution in [0.1, 0.15) is 36.5 Å². The highest BCUT2D eigenvalue weighted by Gasteiger charge is 2.21. The minimum Gasteiger partial charge on any atom is -0.493 e. The molecule has 0 radical (unpaired) electrons. The first-order valence-electron chi connectivity index (χ1n) is 10.7. The molecule has 7 heteroatoms. The van der Waals surface area contributed by atoms with Crippen LogP contribution in [0.2, 0.25) is 0 Å². The third-order valence-corrected chi connectivity index (χ3v) is 6.17. The second-order valence-corrected chi connectivity index (χ2v) is 8.40. The lowest BCUT2D eigenvalue weighted by Gasteiger charge is -2.28. The van der Waals surface area contributed by atoms with Gasteiger partial charge in [0.15, 0.2) is 11.5 Å². The van der Waals surface area contributed by atoms with Gasteiger partial charge in [-0.05, 0) is 31.0 Å². The van der Waals surface area contributed by atoms with Crippen molar-refractivity contribution in [3.63, 3.8) is 0 Å². The van der Waals surface area contributed by atoms with Crippen molar-refractivity contribution < 1.29 is 19.0 Å². The van der Waals surface area contributed by atoms with E-state index in [0.29, 0.717) is 36.8 Å². The van der Waals surface area contributed by atoms with Crippen LogP contribution in [0.5, 0.6) is 17.2 Å². The number of amides is 1. The van der Waals surface area contributed by atoms with Crippen LogP contribution in [0, 0.1) is 0 Å². The Morgan fingerprint density at radius 1 is 1.06 bits per heavy atom. The van der Waals surface area contributed by atoms with E-state index in [1.165, 1.54) is 11.3 Å². The van der Waals surface area contributed by atoms with E-state index in [2.05, 4.69) is 13.8 Å². The van der Waals surface area contributed by atoms with Crippen LogP contribution in [0.25, 0.3) is 0 Å². The number of hydrogen-bond acceptors (Lipinski definition) is 6. The van der Waals surface area contributed by atoms with Crippen LogP contribution in [0.4, 0.5) is 0 Å².